The van der Waals surface area contributed by atoms with Gasteiger partial charge in [0.2, 0.25) is 5.60 Å². The summed E-state index contributed by atoms with van der Waals surface area (Å²) in [7, 11) is 0. The van der Waals surface area contributed by atoms with E-state index in [4.69, 9.17) is 33.6 Å². The molecule has 2 aliphatic rings. The van der Waals surface area contributed by atoms with E-state index in [1.54, 1.807) is 29.0 Å². The minimum atomic E-state index is -1.80. The molecular weight excluding hydrogens is 698 g/mol. The number of rotatable bonds is 17. The predicted octanol–water partition coefficient (Wildman–Crippen LogP) is 1.66. The van der Waals surface area contributed by atoms with E-state index in [2.05, 4.69) is 20.8 Å². The molecule has 10 N–H and O–H groups in total. The number of carbonyl (C=O) groups is 4. The molecule has 0 aliphatic carbocycles. The molecule has 3 rings (SSSR count). The monoisotopic (exact) mass is 738 g/mol. The number of nitrogens with one attached hydrogen (secondary N) is 2. The number of hydrogen-bond acceptors (Lipinski definition) is 13. The van der Waals surface area contributed by atoms with Crippen LogP contribution in [0.5, 0.6) is 0 Å². The van der Waals surface area contributed by atoms with Gasteiger partial charge in [0.1, 0.15) is 35.5 Å². The van der Waals surface area contributed by atoms with E-state index >= 15 is 0 Å². The second kappa shape index (κ2) is 17.4. The summed E-state index contributed by atoms with van der Waals surface area (Å²) in [5, 5.41) is 28.7. The average Bonchev–Trinajstić information content (AvgIpc) is 3.05. The first kappa shape index (κ1) is 39.2. The van der Waals surface area contributed by atoms with Crippen molar-refractivity contribution < 1.29 is 38.8 Å². The molecule has 1 aromatic rings. The van der Waals surface area contributed by atoms with Gasteiger partial charge in [-0.3, -0.25) is 14.5 Å². The molecule has 0 spiro atoms. The van der Waals surface area contributed by atoms with Gasteiger partial charge in [-0.1, -0.05) is 54.0 Å². The fraction of sp³-hybridized carbons (Fsp3) is 0.433. The SMILES string of the molecule is CCC/C=C(\N)S/C(Cl)=C(C)/C(=N/OC(C)(C)C(=O)O)C(=O)N[C@@H]1C(=O)N2C(C(=O)O)=C(/C=C/C[n+]3cnc(N)c(NCCN)c3)CSC12. The highest BCUT2D eigenvalue weighted by Gasteiger charge is 2.54. The van der Waals surface area contributed by atoms with Crippen LogP contribution in [0, 0.1) is 0 Å². The maximum Gasteiger partial charge on any atom is 0.352 e. The van der Waals surface area contributed by atoms with Crippen molar-refractivity contribution in [1.29, 1.82) is 0 Å². The second-order valence-electron chi connectivity index (χ2n) is 11.3. The number of allylic oxidation sites excluding steroid dienone is 3. The zero-order chi connectivity index (χ0) is 36.5. The lowest BCUT2D eigenvalue weighted by Gasteiger charge is -2.49. The molecule has 266 valence electrons. The smallest absolute Gasteiger partial charge is 0.352 e. The lowest BCUT2D eigenvalue weighted by molar-refractivity contribution is -0.689. The molecule has 2 amide bonds. The van der Waals surface area contributed by atoms with Crippen LogP contribution >= 0.6 is 35.1 Å². The summed E-state index contributed by atoms with van der Waals surface area (Å²) in [6.45, 7) is 7.19. The number of hydrogen-bond donors (Lipinski definition) is 7. The molecule has 0 bridgehead atoms. The van der Waals surface area contributed by atoms with Crippen molar-refractivity contribution in [3.8, 4) is 0 Å². The Labute approximate surface area is 296 Å². The average molecular weight is 739 g/mol. The van der Waals surface area contributed by atoms with Crippen LogP contribution < -0.4 is 32.4 Å². The fourth-order valence-electron chi connectivity index (χ4n) is 4.29. The van der Waals surface area contributed by atoms with E-state index in [1.165, 1.54) is 38.9 Å². The minimum absolute atomic E-state index is 0.0765. The molecule has 19 heteroatoms. The quantitative estimate of drug-likeness (QED) is 0.0520. The molecule has 0 aromatic carbocycles. The Morgan fingerprint density at radius 2 is 2.06 bits per heavy atom. The van der Waals surface area contributed by atoms with Gasteiger partial charge in [0, 0.05) is 24.4 Å². The molecule has 49 heavy (non-hydrogen) atoms. The van der Waals surface area contributed by atoms with Crippen LogP contribution in [-0.4, -0.2) is 85.4 Å². The maximum atomic E-state index is 13.6. The van der Waals surface area contributed by atoms with Gasteiger partial charge in [0.25, 0.3) is 24.0 Å². The van der Waals surface area contributed by atoms with E-state index in [-0.39, 0.29) is 27.1 Å². The summed E-state index contributed by atoms with van der Waals surface area (Å²) in [5.41, 5.74) is 16.2. The van der Waals surface area contributed by atoms with Crippen molar-refractivity contribution in [2.24, 2.45) is 16.6 Å². The van der Waals surface area contributed by atoms with Crippen LogP contribution in [0.25, 0.3) is 0 Å². The van der Waals surface area contributed by atoms with E-state index in [0.29, 0.717) is 48.2 Å². The van der Waals surface area contributed by atoms with Crippen LogP contribution in [0.3, 0.4) is 0 Å². The predicted molar refractivity (Wildman–Crippen MR) is 189 cm³/mol. The lowest BCUT2D eigenvalue weighted by Crippen LogP contribution is -2.71. The van der Waals surface area contributed by atoms with Gasteiger partial charge >= 0.3 is 11.9 Å². The minimum Gasteiger partial charge on any atom is -0.478 e. The van der Waals surface area contributed by atoms with Crippen molar-refractivity contribution in [2.45, 2.75) is 64.1 Å². The largest absolute Gasteiger partial charge is 0.478 e. The molecule has 16 nitrogen and oxygen atoms in total. The number of aliphatic carboxylic acids is 2. The standard InChI is InChI=1S/C30H40ClN9O7S2/c1-5-6-9-19(33)49-23(31)16(2)20(38-47-30(3,4)29(45)46)25(41)37-21-26(42)40-22(28(43)44)17(14-48-27(21)40)8-7-12-39-13-18(35-11-10-32)24(34)36-15-39/h7-9,13,15,21,27,34-35H,5-6,10-12,14,32-33H2,1-4H3,(H3,37,41,43,44,45,46)/p+1/b8-7+,19-9+,23-16+,38-20-/t21-,27?/m1/s1. The number of unbranched alkanes of at least 4 members (excludes halogenated alkanes) is 1. The highest BCUT2D eigenvalue weighted by Crippen LogP contribution is 2.41. The third-order valence-electron chi connectivity index (χ3n) is 7.08. The number of carboxylic acid groups (broad SMARTS) is 2. The maximum absolute atomic E-state index is 13.6. The van der Waals surface area contributed by atoms with Gasteiger partial charge in [0.15, 0.2) is 5.71 Å². The van der Waals surface area contributed by atoms with Crippen molar-refractivity contribution >= 4 is 76.1 Å². The van der Waals surface area contributed by atoms with Gasteiger partial charge in [-0.05, 0) is 43.8 Å². The molecule has 0 radical (unpaired) electrons. The lowest BCUT2D eigenvalue weighted by atomic mass is 10.0. The van der Waals surface area contributed by atoms with Gasteiger partial charge in [-0.15, -0.1) is 11.8 Å². The summed E-state index contributed by atoms with van der Waals surface area (Å²) < 4.78 is 1.82. The van der Waals surface area contributed by atoms with Crippen LogP contribution in [-0.2, 0) is 30.6 Å². The molecule has 3 heterocycles. The third kappa shape index (κ3) is 9.90. The molecule has 1 fully saturated rings. The summed E-state index contributed by atoms with van der Waals surface area (Å²) in [4.78, 5) is 61.3. The Morgan fingerprint density at radius 3 is 2.69 bits per heavy atom. The molecule has 1 unspecified atom stereocenters. The zero-order valence-electron chi connectivity index (χ0n) is 27.4. The summed E-state index contributed by atoms with van der Waals surface area (Å²) in [5.74, 6) is -3.63. The van der Waals surface area contributed by atoms with Crippen molar-refractivity contribution in [3.63, 3.8) is 0 Å². The number of aromatic nitrogens is 2. The van der Waals surface area contributed by atoms with E-state index in [9.17, 15) is 29.4 Å². The van der Waals surface area contributed by atoms with E-state index in [0.717, 1.165) is 23.1 Å². The number of thioether (sulfide) groups is 2. The van der Waals surface area contributed by atoms with Crippen LogP contribution in [0.1, 0.15) is 40.5 Å². The molecule has 2 aliphatic heterocycles. The first-order chi connectivity index (χ1) is 23.1. The highest BCUT2D eigenvalue weighted by atomic mass is 35.5. The number of halogens is 1. The zero-order valence-corrected chi connectivity index (χ0v) is 29.8. The molecular formula is C30H41ClN9O7S2+. The van der Waals surface area contributed by atoms with Crippen LogP contribution in [0.15, 0.2) is 62.1 Å². The Bertz CT molecular complexity index is 1630. The number of fused-ring (bicyclic) bond motifs is 1. The number of nitrogens with zero attached hydrogens (tertiary/aromatic N) is 4. The molecule has 2 atom stereocenters. The van der Waals surface area contributed by atoms with Crippen molar-refractivity contribution in [2.75, 3.05) is 29.9 Å². The molecule has 0 saturated carbocycles. The summed E-state index contributed by atoms with van der Waals surface area (Å²) >= 11 is 8.72. The number of nitrogens with two attached hydrogens (primary N) is 3. The van der Waals surface area contributed by atoms with Gasteiger partial charge < -0.3 is 42.9 Å². The van der Waals surface area contributed by atoms with Crippen molar-refractivity contribution in [1.82, 2.24) is 15.2 Å². The second-order valence-corrected chi connectivity index (χ2v) is 14.1. The number of oxime groups is 1. The number of amides is 2. The molecule has 1 saturated heterocycles. The highest BCUT2D eigenvalue weighted by molar-refractivity contribution is 8.08. The Morgan fingerprint density at radius 1 is 1.35 bits per heavy atom. The van der Waals surface area contributed by atoms with Crippen molar-refractivity contribution in [3.05, 3.63) is 57.0 Å². The normalized spacial score (nSPS) is 18.9. The summed E-state index contributed by atoms with van der Waals surface area (Å²) in [6.07, 6.45) is 9.97. The fourth-order valence-corrected chi connectivity index (χ4v) is 6.62. The topological polar surface area (TPSA) is 252 Å². The first-order valence-electron chi connectivity index (χ1n) is 15.1. The number of β-lactam (4-membered cyclic amide) rings is 1. The van der Waals surface area contributed by atoms with Crippen LogP contribution in [0.4, 0.5) is 11.5 Å². The van der Waals surface area contributed by atoms with Gasteiger partial charge in [0.05, 0.1) is 9.39 Å². The summed E-state index contributed by atoms with van der Waals surface area (Å²) in [6, 6.07) is -1.11. The molecule has 1 aromatic heterocycles. The van der Waals surface area contributed by atoms with E-state index < -0.39 is 40.8 Å². The number of nitrogen functional groups attached to an aromatic ring is 1. The number of carboxylic acids is 2. The Hall–Kier alpha value is -4.26. The van der Waals surface area contributed by atoms with Gasteiger partial charge in [-0.25, -0.2) is 14.2 Å². The number of carbonyl (C=O) groups excluding carboxylic acids is 2. The Balaban J connectivity index is 1.83. The first-order valence-corrected chi connectivity index (χ1v) is 17.3. The number of anilines is 2. The van der Waals surface area contributed by atoms with E-state index in [1.807, 2.05) is 6.92 Å². The Kier molecular flexibility index (Phi) is 13.9. The van der Waals surface area contributed by atoms with Gasteiger partial charge in [-0.2, -0.15) is 0 Å². The van der Waals surface area contributed by atoms with Crippen LogP contribution in [0.2, 0.25) is 0 Å². The third-order valence-corrected chi connectivity index (χ3v) is 9.79.